The first-order valence-electron chi connectivity index (χ1n) is 23.6. The Bertz CT molecular complexity index is 3100. The normalized spacial score (nSPS) is 20.4. The number of hydrogen-bond acceptors (Lipinski definition) is 6. The molecule has 0 saturated heterocycles. The molecule has 2 heterocycles. The van der Waals surface area contributed by atoms with E-state index in [0.29, 0.717) is 27.4 Å². The molecule has 10 rings (SSSR count). The smallest absolute Gasteiger partial charge is 0.265 e. The quantitative estimate of drug-likeness (QED) is 0.102. The van der Waals surface area contributed by atoms with Gasteiger partial charge in [-0.25, -0.2) is 4.99 Å². The summed E-state index contributed by atoms with van der Waals surface area (Å²) in [5.41, 5.74) is 4.16. The summed E-state index contributed by atoms with van der Waals surface area (Å²) in [4.78, 5) is 15.8. The first-order valence-corrected chi connectivity index (χ1v) is 28.2. The number of rotatable bonds is 14. The van der Waals surface area contributed by atoms with Crippen molar-refractivity contribution in [3.05, 3.63) is 233 Å². The lowest BCUT2D eigenvalue weighted by atomic mass is 10.2. The molecule has 69 heavy (non-hydrogen) atoms. The molecule has 0 amide bonds. The summed E-state index contributed by atoms with van der Waals surface area (Å²) < 4.78 is 14.4. The third kappa shape index (κ3) is 8.66. The molecule has 1 aliphatic heterocycles. The molecule has 0 fully saturated rings. The second-order valence-corrected chi connectivity index (χ2v) is 26.2. The van der Waals surface area contributed by atoms with Gasteiger partial charge in [-0.3, -0.25) is 4.90 Å². The van der Waals surface area contributed by atoms with Gasteiger partial charge in [-0.1, -0.05) is 139 Å². The van der Waals surface area contributed by atoms with E-state index in [-0.39, 0.29) is 5.66 Å². The molecule has 0 saturated carbocycles. The van der Waals surface area contributed by atoms with E-state index in [4.69, 9.17) is 42.3 Å². The fourth-order valence-electron chi connectivity index (χ4n) is 10.2. The summed E-state index contributed by atoms with van der Waals surface area (Å²) in [6.45, 7) is 2.17. The van der Waals surface area contributed by atoms with Crippen LogP contribution in [0.4, 0.5) is 11.6 Å². The second kappa shape index (κ2) is 19.9. The molecule has 346 valence electrons. The minimum absolute atomic E-state index is 0.172. The molecule has 1 aromatic heterocycles. The molecule has 6 nitrogen and oxygen atoms in total. The summed E-state index contributed by atoms with van der Waals surface area (Å²) in [6.07, 6.45) is 19.8. The molecule has 0 spiro atoms. The maximum Gasteiger partial charge on any atom is 0.265 e. The minimum atomic E-state index is -2.77. The fraction of sp³-hybridized carbons (Fsp3) is 0.186. The summed E-state index contributed by atoms with van der Waals surface area (Å²) in [6, 6.07) is 57.8. The van der Waals surface area contributed by atoms with Crippen molar-refractivity contribution in [1.82, 2.24) is 9.88 Å². The highest BCUT2D eigenvalue weighted by molar-refractivity contribution is 7.93. The molecule has 6 aromatic carbocycles. The van der Waals surface area contributed by atoms with Crippen LogP contribution in [0.2, 0.25) is 10.0 Å². The Kier molecular flexibility index (Phi) is 13.5. The van der Waals surface area contributed by atoms with E-state index in [1.807, 2.05) is 18.2 Å². The zero-order chi connectivity index (χ0) is 47.6. The first-order chi connectivity index (χ1) is 33.6. The van der Waals surface area contributed by atoms with Gasteiger partial charge in [-0.2, -0.15) is 4.98 Å². The number of anilines is 2. The number of benzene rings is 6. The van der Waals surface area contributed by atoms with Crippen LogP contribution in [-0.4, -0.2) is 54.1 Å². The summed E-state index contributed by atoms with van der Waals surface area (Å²) >= 11 is 13.4. The van der Waals surface area contributed by atoms with Crippen molar-refractivity contribution >= 4 is 76.5 Å². The van der Waals surface area contributed by atoms with Gasteiger partial charge in [0.25, 0.3) is 11.3 Å². The molecule has 5 unspecified atom stereocenters. The van der Waals surface area contributed by atoms with E-state index >= 15 is 0 Å². The Morgan fingerprint density at radius 2 is 1.39 bits per heavy atom. The predicted molar refractivity (Wildman–Crippen MR) is 295 cm³/mol. The average Bonchev–Trinajstić information content (AvgIpc) is 4.01. The molecule has 0 bridgehead atoms. The molecule has 5 atom stereocenters. The van der Waals surface area contributed by atoms with Gasteiger partial charge in [-0.15, -0.1) is 0 Å². The number of ether oxygens (including phenoxy) is 1. The van der Waals surface area contributed by atoms with Gasteiger partial charge in [0.05, 0.1) is 16.7 Å². The summed E-state index contributed by atoms with van der Waals surface area (Å²) in [5.74, 6) is 1.45. The van der Waals surface area contributed by atoms with Gasteiger partial charge >= 0.3 is 0 Å². The Morgan fingerprint density at radius 1 is 0.710 bits per heavy atom. The van der Waals surface area contributed by atoms with Crippen molar-refractivity contribution in [2.24, 2.45) is 4.99 Å². The number of likely N-dealkylation sites (N-methyl/N-ethyl adjacent to an activating group) is 1. The van der Waals surface area contributed by atoms with Gasteiger partial charge in [0, 0.05) is 35.8 Å². The molecule has 2 aliphatic carbocycles. The zero-order valence-corrected chi connectivity index (χ0v) is 42.7. The third-order valence-electron chi connectivity index (χ3n) is 13.9. The molecule has 0 N–H and O–H groups in total. The SMILES string of the molecule is CN(c1cccc([P+](C2=CCCC=C2)(c2ccccc2)C2N=C(c3ccc(Cl)cc3Cl)OC2(C)N(C)C)c1)c1oc(-c2ccccc2)nc1[P+](Cc1ccccc1)(c1ccccc1)C1C=CC=CC1. The molecule has 7 aromatic rings. The lowest BCUT2D eigenvalue weighted by Gasteiger charge is -2.42. The zero-order valence-electron chi connectivity index (χ0n) is 39.4. The van der Waals surface area contributed by atoms with Crippen LogP contribution >= 0.6 is 37.7 Å². The maximum atomic E-state index is 7.26. The van der Waals surface area contributed by atoms with Crippen molar-refractivity contribution in [3.63, 3.8) is 0 Å². The van der Waals surface area contributed by atoms with Crippen LogP contribution in [-0.2, 0) is 10.9 Å². The van der Waals surface area contributed by atoms with Gasteiger partial charge in [0.15, 0.2) is 0 Å². The van der Waals surface area contributed by atoms with Crippen LogP contribution in [0.1, 0.15) is 37.3 Å². The Hall–Kier alpha value is -5.84. The summed E-state index contributed by atoms with van der Waals surface area (Å²) in [5, 5.41) is 5.97. The van der Waals surface area contributed by atoms with Crippen LogP contribution in [0.15, 0.2) is 221 Å². The number of hydrogen-bond donors (Lipinski definition) is 0. The monoisotopic (exact) mass is 984 g/mol. The van der Waals surface area contributed by atoms with Gasteiger partial charge in [-0.05, 0) is 124 Å². The molecule has 3 aliphatic rings. The van der Waals surface area contributed by atoms with E-state index in [1.165, 1.54) is 26.8 Å². The van der Waals surface area contributed by atoms with Gasteiger partial charge < -0.3 is 14.1 Å². The number of nitrogens with zero attached hydrogens (tertiary/aromatic N) is 4. The van der Waals surface area contributed by atoms with Gasteiger partial charge in [0.1, 0.15) is 41.4 Å². The highest BCUT2D eigenvalue weighted by Crippen LogP contribution is 2.73. The van der Waals surface area contributed by atoms with Crippen molar-refractivity contribution < 1.29 is 9.15 Å². The maximum absolute atomic E-state index is 7.26. The van der Waals surface area contributed by atoms with Crippen LogP contribution in [0.25, 0.3) is 11.5 Å². The van der Waals surface area contributed by atoms with Crippen molar-refractivity contribution in [2.75, 3.05) is 26.0 Å². The minimum Gasteiger partial charge on any atom is -0.449 e. The number of oxazole rings is 1. The molecule has 10 heteroatoms. The van der Waals surface area contributed by atoms with Crippen LogP contribution in [0.3, 0.4) is 0 Å². The number of halogens is 2. The highest BCUT2D eigenvalue weighted by atomic mass is 35.5. The lowest BCUT2D eigenvalue weighted by Crippen LogP contribution is -2.53. The van der Waals surface area contributed by atoms with E-state index in [2.05, 4.69) is 220 Å². The summed E-state index contributed by atoms with van der Waals surface area (Å²) in [7, 11) is 1.05. The van der Waals surface area contributed by atoms with Crippen molar-refractivity contribution in [1.29, 1.82) is 0 Å². The van der Waals surface area contributed by atoms with Gasteiger partial charge in [0.2, 0.25) is 23.3 Å². The molecule has 0 radical (unpaired) electrons. The number of aromatic nitrogens is 1. The van der Waals surface area contributed by atoms with E-state index < -0.39 is 26.0 Å². The third-order valence-corrected chi connectivity index (χ3v) is 23.8. The van der Waals surface area contributed by atoms with Crippen molar-refractivity contribution in [3.8, 4) is 11.5 Å². The van der Waals surface area contributed by atoms with Crippen molar-refractivity contribution in [2.45, 2.75) is 49.5 Å². The average molecular weight is 986 g/mol. The largest absolute Gasteiger partial charge is 0.449 e. The molecular weight excluding hydrogens is 930 g/mol. The Morgan fingerprint density at radius 3 is 2.04 bits per heavy atom. The highest BCUT2D eigenvalue weighted by Gasteiger charge is 2.66. The lowest BCUT2D eigenvalue weighted by molar-refractivity contribution is -0.0345. The number of allylic oxidation sites excluding steroid dienone is 8. The fourth-order valence-corrected chi connectivity index (χ4v) is 20.4. The number of aliphatic imine (C=N–C) groups is 1. The Balaban J connectivity index is 1.22. The Labute approximate surface area is 418 Å². The predicted octanol–water partition coefficient (Wildman–Crippen LogP) is 13.8. The van der Waals surface area contributed by atoms with Crippen LogP contribution in [0.5, 0.6) is 0 Å². The van der Waals surface area contributed by atoms with Crippen LogP contribution in [0, 0.1) is 0 Å². The van der Waals surface area contributed by atoms with E-state index in [0.717, 1.165) is 48.0 Å². The second-order valence-electron chi connectivity index (χ2n) is 18.2. The standard InChI is InChI=1S/C59H56Cl2N4O2P2/c1-59(64(2)3)58(63-55(67-59)52-39-38-45(60)40-53(52)61)69(49-33-19-9-20-34-49,50-35-21-10-22-36-50)51-37-23-28-46(41-51)65(4)57-56(62-54(66-57)44-26-13-6-14-27-44)68(47-29-15-7-16-30-47,48-31-17-8-18-32-48)42-43-24-11-5-12-25-43/h5-9,11-21,23-31,33-41,48,58H,10,22,32,42H2,1-4H3/q+2. The van der Waals surface area contributed by atoms with E-state index in [1.54, 1.807) is 6.07 Å². The topological polar surface area (TPSA) is 54.1 Å². The first kappa shape index (κ1) is 46.9. The van der Waals surface area contributed by atoms with E-state index in [9.17, 15) is 0 Å². The molecular formula is C59H56Cl2N4O2P2+2. The van der Waals surface area contributed by atoms with Crippen LogP contribution < -0.4 is 26.2 Å².